The van der Waals surface area contributed by atoms with Crippen LogP contribution in [-0.2, 0) is 18.9 Å². The van der Waals surface area contributed by atoms with Crippen molar-refractivity contribution in [3.05, 3.63) is 11.6 Å². The van der Waals surface area contributed by atoms with Crippen LogP contribution in [0.1, 0.15) is 99.3 Å². The minimum atomic E-state index is -1.58. The smallest absolute Gasteiger partial charge is 0.186 e. The normalized spacial score (nSPS) is 57.3. The summed E-state index contributed by atoms with van der Waals surface area (Å²) in [4.78, 5) is 0. The Balaban J connectivity index is 1.13. The van der Waals surface area contributed by atoms with Crippen molar-refractivity contribution in [1.29, 1.82) is 0 Å². The summed E-state index contributed by atoms with van der Waals surface area (Å²) in [7, 11) is 0. The van der Waals surface area contributed by atoms with E-state index in [9.17, 15) is 51.1 Å². The maximum atomic E-state index is 12.5. The molecule has 5 aliphatic carbocycles. The molecule has 0 amide bonds. The quantitative estimate of drug-likeness (QED) is 0.120. The zero-order valence-corrected chi connectivity index (χ0v) is 34.0. The van der Waals surface area contributed by atoms with Crippen molar-refractivity contribution in [3.8, 4) is 0 Å². The van der Waals surface area contributed by atoms with E-state index in [4.69, 9.17) is 18.9 Å². The fraction of sp³-hybridized carbons (Fsp3) is 0.952. The second kappa shape index (κ2) is 15.0. The molecule has 322 valence electrons. The molecule has 0 aromatic heterocycles. The Kier molecular flexibility index (Phi) is 11.6. The molecule has 2 heterocycles. The van der Waals surface area contributed by atoms with Gasteiger partial charge in [-0.1, -0.05) is 53.2 Å². The number of hydrogen-bond donors (Lipinski definition) is 10. The van der Waals surface area contributed by atoms with E-state index in [0.29, 0.717) is 19.3 Å². The highest BCUT2D eigenvalue weighted by atomic mass is 16.7. The third-order valence-electron chi connectivity index (χ3n) is 17.5. The highest BCUT2D eigenvalue weighted by molar-refractivity contribution is 5.34. The number of aliphatic hydroxyl groups excluding tert-OH is 10. The molecule has 14 heteroatoms. The maximum Gasteiger partial charge on any atom is 0.186 e. The number of rotatable bonds is 8. The van der Waals surface area contributed by atoms with Crippen LogP contribution in [0.2, 0.25) is 0 Å². The molecule has 7 rings (SSSR count). The van der Waals surface area contributed by atoms with Crippen molar-refractivity contribution >= 4 is 0 Å². The zero-order valence-electron chi connectivity index (χ0n) is 34.0. The predicted octanol–water partition coefficient (Wildman–Crippen LogP) is 0.733. The minimum Gasteiger partial charge on any atom is -0.396 e. The number of aliphatic hydroxyl groups is 10. The van der Waals surface area contributed by atoms with Gasteiger partial charge in [-0.3, -0.25) is 0 Å². The summed E-state index contributed by atoms with van der Waals surface area (Å²) in [5, 5.41) is 106. The monoisotopic (exact) mass is 798 g/mol. The van der Waals surface area contributed by atoms with Crippen molar-refractivity contribution in [2.75, 3.05) is 26.4 Å². The molecule has 14 nitrogen and oxygen atoms in total. The van der Waals surface area contributed by atoms with Crippen LogP contribution >= 0.6 is 0 Å². The predicted molar refractivity (Wildman–Crippen MR) is 200 cm³/mol. The van der Waals surface area contributed by atoms with Crippen LogP contribution in [-0.4, -0.2) is 151 Å². The van der Waals surface area contributed by atoms with Crippen LogP contribution < -0.4 is 0 Å². The van der Waals surface area contributed by atoms with E-state index in [1.807, 2.05) is 6.92 Å². The molecule has 7 aliphatic rings. The van der Waals surface area contributed by atoms with E-state index in [2.05, 4.69) is 40.7 Å². The van der Waals surface area contributed by atoms with Crippen LogP contribution in [0, 0.1) is 50.2 Å². The molecule has 0 aromatic carbocycles. The fourth-order valence-electron chi connectivity index (χ4n) is 13.8. The summed E-state index contributed by atoms with van der Waals surface area (Å²) in [6.07, 6.45) is -5.30. The van der Waals surface area contributed by atoms with Crippen molar-refractivity contribution < 1.29 is 70.0 Å². The molecule has 0 radical (unpaired) electrons. The molecule has 21 unspecified atom stereocenters. The fourth-order valence-corrected chi connectivity index (χ4v) is 13.8. The standard InChI is InChI=1S/C42H70O14/c1-37(20-53-35-32(51)30(49)28(47)24(17-43)54-35)11-12-38(2)13-14-41(5)21(22(38)15-37)7-8-26-39(3)10-9-27(40(4,19-45)34(39)23(46)16-42(26,41)6)56-36-33(52)31(50)29(48)25(18-44)55-36/h7,22-36,43-52H,8-20H2,1-6H3. The summed E-state index contributed by atoms with van der Waals surface area (Å²) in [5.41, 5.74) is -0.560. The largest absolute Gasteiger partial charge is 0.396 e. The minimum absolute atomic E-state index is 0.0756. The third kappa shape index (κ3) is 6.42. The first-order valence-corrected chi connectivity index (χ1v) is 21.0. The Morgan fingerprint density at radius 1 is 0.696 bits per heavy atom. The van der Waals surface area contributed by atoms with Gasteiger partial charge >= 0.3 is 0 Å². The molecule has 6 fully saturated rings. The van der Waals surface area contributed by atoms with Gasteiger partial charge in [-0.2, -0.15) is 0 Å². The first-order chi connectivity index (χ1) is 26.2. The van der Waals surface area contributed by atoms with E-state index in [0.717, 1.165) is 38.5 Å². The lowest BCUT2D eigenvalue weighted by Gasteiger charge is -2.72. The second-order valence-corrected chi connectivity index (χ2v) is 20.7. The van der Waals surface area contributed by atoms with Gasteiger partial charge in [-0.15, -0.1) is 0 Å². The Morgan fingerprint density at radius 2 is 1.29 bits per heavy atom. The first-order valence-electron chi connectivity index (χ1n) is 21.0. The molecule has 2 saturated heterocycles. The van der Waals surface area contributed by atoms with Gasteiger partial charge in [-0.25, -0.2) is 0 Å². The van der Waals surface area contributed by atoms with Gasteiger partial charge in [0.25, 0.3) is 0 Å². The molecule has 0 spiro atoms. The highest BCUT2D eigenvalue weighted by Gasteiger charge is 2.71. The lowest BCUT2D eigenvalue weighted by atomic mass is 9.33. The van der Waals surface area contributed by atoms with Gasteiger partial charge in [0, 0.05) is 11.3 Å². The van der Waals surface area contributed by atoms with Gasteiger partial charge in [0.2, 0.25) is 0 Å². The van der Waals surface area contributed by atoms with Crippen LogP contribution in [0.5, 0.6) is 0 Å². The van der Waals surface area contributed by atoms with Gasteiger partial charge in [0.1, 0.15) is 48.8 Å². The van der Waals surface area contributed by atoms with Crippen molar-refractivity contribution in [3.63, 3.8) is 0 Å². The van der Waals surface area contributed by atoms with Gasteiger partial charge in [-0.05, 0) is 96.7 Å². The van der Waals surface area contributed by atoms with Crippen molar-refractivity contribution in [2.24, 2.45) is 50.2 Å². The summed E-state index contributed by atoms with van der Waals surface area (Å²) in [6, 6.07) is 0. The Labute approximate surface area is 330 Å². The molecule has 4 saturated carbocycles. The van der Waals surface area contributed by atoms with Crippen LogP contribution in [0.4, 0.5) is 0 Å². The number of ether oxygens (including phenoxy) is 4. The molecule has 56 heavy (non-hydrogen) atoms. The molecule has 0 aromatic rings. The Morgan fingerprint density at radius 3 is 1.89 bits per heavy atom. The van der Waals surface area contributed by atoms with E-state index >= 15 is 0 Å². The molecular weight excluding hydrogens is 728 g/mol. The summed E-state index contributed by atoms with van der Waals surface area (Å²) in [5.74, 6) is 0.0842. The average Bonchev–Trinajstić information content (AvgIpc) is 3.15. The molecule has 21 atom stereocenters. The zero-order chi connectivity index (χ0) is 41.0. The third-order valence-corrected chi connectivity index (χ3v) is 17.5. The molecule has 0 bridgehead atoms. The Bertz CT molecular complexity index is 1460. The SMILES string of the molecule is CC1(COC2OC(CO)C(O)C(O)C2O)CCC2(C)CCC3(C)C(=CCC4C5(C)CCC(OC6OC(CO)C(O)C(O)C6O)C(C)(CO)C5C(O)CC43C)C2C1. The van der Waals surface area contributed by atoms with E-state index in [1.54, 1.807) is 0 Å². The summed E-state index contributed by atoms with van der Waals surface area (Å²) >= 11 is 0. The van der Waals surface area contributed by atoms with Crippen LogP contribution in [0.15, 0.2) is 11.6 Å². The van der Waals surface area contributed by atoms with Crippen molar-refractivity contribution in [2.45, 2.75) is 173 Å². The van der Waals surface area contributed by atoms with Crippen LogP contribution in [0.3, 0.4) is 0 Å². The van der Waals surface area contributed by atoms with Gasteiger partial charge in [0.05, 0.1) is 38.6 Å². The highest BCUT2D eigenvalue weighted by Crippen LogP contribution is 2.76. The maximum absolute atomic E-state index is 12.5. The summed E-state index contributed by atoms with van der Waals surface area (Å²) in [6.45, 7) is 12.5. The lowest BCUT2D eigenvalue weighted by Crippen LogP contribution is -2.70. The second-order valence-electron chi connectivity index (χ2n) is 20.7. The number of allylic oxidation sites excluding steroid dienone is 2. The lowest BCUT2D eigenvalue weighted by molar-refractivity contribution is -0.338. The van der Waals surface area contributed by atoms with Gasteiger partial charge in [0.15, 0.2) is 12.6 Å². The number of fused-ring (bicyclic) bond motifs is 7. The summed E-state index contributed by atoms with van der Waals surface area (Å²) < 4.78 is 24.0. The molecule has 2 aliphatic heterocycles. The molecule has 10 N–H and O–H groups in total. The van der Waals surface area contributed by atoms with Gasteiger partial charge < -0.3 is 70.0 Å². The number of hydrogen-bond acceptors (Lipinski definition) is 14. The average molecular weight is 799 g/mol. The Hall–Kier alpha value is -0.820. The molecular formula is C42H70O14. The van der Waals surface area contributed by atoms with E-state index < -0.39 is 92.2 Å². The van der Waals surface area contributed by atoms with E-state index in [-0.39, 0.29) is 58.0 Å². The topological polar surface area (TPSA) is 239 Å². The van der Waals surface area contributed by atoms with Crippen LogP contribution in [0.25, 0.3) is 0 Å². The van der Waals surface area contributed by atoms with E-state index in [1.165, 1.54) is 5.57 Å². The van der Waals surface area contributed by atoms with Crippen molar-refractivity contribution in [1.82, 2.24) is 0 Å². The first kappa shape index (κ1) is 43.3.